The molecule has 0 aromatic carbocycles. The summed E-state index contributed by atoms with van der Waals surface area (Å²) < 4.78 is 1.58. The smallest absolute Gasteiger partial charge is 0.293 e. The number of hydrogen-bond donors (Lipinski definition) is 2. The molecule has 2 heterocycles. The molecule has 0 fully saturated rings. The van der Waals surface area contributed by atoms with E-state index in [-0.39, 0.29) is 29.6 Å². The quantitative estimate of drug-likeness (QED) is 0.791. The second-order valence-electron chi connectivity index (χ2n) is 4.80. The van der Waals surface area contributed by atoms with Crippen molar-refractivity contribution < 1.29 is 4.79 Å². The van der Waals surface area contributed by atoms with Gasteiger partial charge in [0, 0.05) is 18.3 Å². The standard InChI is InChI=1S/C13H15N5O2/c19-12(9-4-2-1-3-5-9)15-8-10-16-17-11-13(20)14-6-7-18(10)11/h1-2,6-7,9H,3-5,8H2,(H,14,20)(H,15,19). The van der Waals surface area contributed by atoms with Gasteiger partial charge in [-0.25, -0.2) is 0 Å². The van der Waals surface area contributed by atoms with Crippen molar-refractivity contribution in [2.24, 2.45) is 5.92 Å². The second kappa shape index (κ2) is 5.28. The minimum absolute atomic E-state index is 0.0240. The minimum Gasteiger partial charge on any atom is -0.349 e. The molecular weight excluding hydrogens is 258 g/mol. The number of nitrogens with zero attached hydrogens (tertiary/aromatic N) is 3. The van der Waals surface area contributed by atoms with E-state index in [4.69, 9.17) is 0 Å². The summed E-state index contributed by atoms with van der Waals surface area (Å²) in [7, 11) is 0. The van der Waals surface area contributed by atoms with Crippen molar-refractivity contribution in [2.75, 3.05) is 0 Å². The van der Waals surface area contributed by atoms with E-state index in [1.165, 1.54) is 6.20 Å². The van der Waals surface area contributed by atoms with E-state index < -0.39 is 0 Å². The Morgan fingerprint density at radius 1 is 1.45 bits per heavy atom. The number of amides is 1. The minimum atomic E-state index is -0.296. The summed E-state index contributed by atoms with van der Waals surface area (Å²) in [6.45, 7) is 0.268. The van der Waals surface area contributed by atoms with Gasteiger partial charge in [0.2, 0.25) is 11.6 Å². The maximum Gasteiger partial charge on any atom is 0.293 e. The van der Waals surface area contributed by atoms with Crippen molar-refractivity contribution in [1.29, 1.82) is 0 Å². The molecule has 0 saturated heterocycles. The molecule has 1 atom stereocenters. The highest BCUT2D eigenvalue weighted by atomic mass is 16.2. The van der Waals surface area contributed by atoms with Gasteiger partial charge in [-0.05, 0) is 19.3 Å². The SMILES string of the molecule is O=C(NCc1nnc2c(=O)[nH]ccn12)C1CC=CCC1. The maximum absolute atomic E-state index is 12.0. The van der Waals surface area contributed by atoms with Crippen LogP contribution in [0.2, 0.25) is 0 Å². The van der Waals surface area contributed by atoms with Crippen LogP contribution in [0, 0.1) is 5.92 Å². The van der Waals surface area contributed by atoms with Crippen LogP contribution in [0.15, 0.2) is 29.3 Å². The van der Waals surface area contributed by atoms with Crippen LogP contribution in [0.25, 0.3) is 5.65 Å². The molecule has 1 aliphatic carbocycles. The van der Waals surface area contributed by atoms with Crippen LogP contribution in [0.4, 0.5) is 0 Å². The summed E-state index contributed by atoms with van der Waals surface area (Å²) in [4.78, 5) is 26.1. The van der Waals surface area contributed by atoms with Gasteiger partial charge in [0.25, 0.3) is 5.56 Å². The number of allylic oxidation sites excluding steroid dienone is 2. The molecule has 20 heavy (non-hydrogen) atoms. The number of nitrogens with one attached hydrogen (secondary N) is 2. The van der Waals surface area contributed by atoms with Crippen molar-refractivity contribution in [2.45, 2.75) is 25.8 Å². The Balaban J connectivity index is 1.71. The van der Waals surface area contributed by atoms with E-state index in [2.05, 4.69) is 26.6 Å². The summed E-state index contributed by atoms with van der Waals surface area (Å²) in [5, 5.41) is 10.6. The fourth-order valence-corrected chi connectivity index (χ4v) is 2.35. The highest BCUT2D eigenvalue weighted by Crippen LogP contribution is 2.18. The molecular formula is C13H15N5O2. The molecule has 0 spiro atoms. The summed E-state index contributed by atoms with van der Waals surface area (Å²) in [5.41, 5.74) is -0.0626. The van der Waals surface area contributed by atoms with Crippen LogP contribution in [0.5, 0.6) is 0 Å². The molecule has 0 radical (unpaired) electrons. The van der Waals surface area contributed by atoms with Crippen molar-refractivity contribution in [3.05, 3.63) is 40.7 Å². The van der Waals surface area contributed by atoms with E-state index in [1.54, 1.807) is 10.6 Å². The van der Waals surface area contributed by atoms with Gasteiger partial charge in [-0.3, -0.25) is 14.0 Å². The van der Waals surface area contributed by atoms with Crippen molar-refractivity contribution in [1.82, 2.24) is 24.9 Å². The first-order chi connectivity index (χ1) is 9.75. The van der Waals surface area contributed by atoms with E-state index in [1.807, 2.05) is 6.08 Å². The molecule has 7 heteroatoms. The normalized spacial score (nSPS) is 18.3. The molecule has 1 aliphatic rings. The van der Waals surface area contributed by atoms with Gasteiger partial charge in [-0.1, -0.05) is 12.2 Å². The largest absolute Gasteiger partial charge is 0.349 e. The average Bonchev–Trinajstić information content (AvgIpc) is 2.90. The number of aromatic nitrogens is 4. The zero-order chi connectivity index (χ0) is 13.9. The van der Waals surface area contributed by atoms with E-state index in [9.17, 15) is 9.59 Å². The Morgan fingerprint density at radius 3 is 3.15 bits per heavy atom. The Morgan fingerprint density at radius 2 is 2.35 bits per heavy atom. The number of H-pyrrole nitrogens is 1. The summed E-state index contributed by atoms with van der Waals surface area (Å²) >= 11 is 0. The zero-order valence-corrected chi connectivity index (χ0v) is 10.9. The summed E-state index contributed by atoms with van der Waals surface area (Å²) in [6.07, 6.45) is 9.94. The predicted octanol–water partition coefficient (Wildman–Crippen LogP) is 0.390. The molecule has 2 N–H and O–H groups in total. The number of rotatable bonds is 3. The summed E-state index contributed by atoms with van der Waals surface area (Å²) in [5.74, 6) is 0.601. The van der Waals surface area contributed by atoms with Crippen molar-refractivity contribution in [3.63, 3.8) is 0 Å². The predicted molar refractivity (Wildman–Crippen MR) is 71.9 cm³/mol. The zero-order valence-electron chi connectivity index (χ0n) is 10.9. The van der Waals surface area contributed by atoms with Gasteiger partial charge in [0.1, 0.15) is 0 Å². The Labute approximate surface area is 114 Å². The van der Waals surface area contributed by atoms with Crippen molar-refractivity contribution in [3.8, 4) is 0 Å². The van der Waals surface area contributed by atoms with Crippen LogP contribution in [-0.2, 0) is 11.3 Å². The monoisotopic (exact) mass is 273 g/mol. The van der Waals surface area contributed by atoms with Crippen LogP contribution < -0.4 is 10.9 Å². The number of carbonyl (C=O) groups is 1. The Hall–Kier alpha value is -2.44. The van der Waals surface area contributed by atoms with E-state index in [0.29, 0.717) is 5.82 Å². The molecule has 7 nitrogen and oxygen atoms in total. The maximum atomic E-state index is 12.0. The fourth-order valence-electron chi connectivity index (χ4n) is 2.35. The molecule has 0 saturated carbocycles. The topological polar surface area (TPSA) is 92.2 Å². The number of fused-ring (bicyclic) bond motifs is 1. The van der Waals surface area contributed by atoms with E-state index in [0.717, 1.165) is 19.3 Å². The van der Waals surface area contributed by atoms with Crippen LogP contribution in [-0.4, -0.2) is 25.5 Å². The third-order valence-electron chi connectivity index (χ3n) is 3.47. The number of hydrogen-bond acceptors (Lipinski definition) is 4. The fraction of sp³-hybridized carbons (Fsp3) is 0.385. The van der Waals surface area contributed by atoms with Crippen LogP contribution >= 0.6 is 0 Å². The van der Waals surface area contributed by atoms with E-state index >= 15 is 0 Å². The lowest BCUT2D eigenvalue weighted by Gasteiger charge is -2.16. The van der Waals surface area contributed by atoms with Crippen molar-refractivity contribution >= 4 is 11.6 Å². The molecule has 2 aromatic heterocycles. The lowest BCUT2D eigenvalue weighted by Crippen LogP contribution is -2.31. The number of carbonyl (C=O) groups excluding carboxylic acids is 1. The third kappa shape index (κ3) is 2.34. The molecule has 104 valence electrons. The molecule has 3 rings (SSSR count). The first kappa shape index (κ1) is 12.6. The third-order valence-corrected chi connectivity index (χ3v) is 3.47. The highest BCUT2D eigenvalue weighted by Gasteiger charge is 2.19. The Kier molecular flexibility index (Phi) is 3.32. The van der Waals surface area contributed by atoms with Gasteiger partial charge >= 0.3 is 0 Å². The first-order valence-corrected chi connectivity index (χ1v) is 6.59. The molecule has 2 aromatic rings. The Bertz CT molecular complexity index is 715. The first-order valence-electron chi connectivity index (χ1n) is 6.59. The molecule has 1 amide bonds. The van der Waals surface area contributed by atoms with Gasteiger partial charge in [0.15, 0.2) is 5.82 Å². The van der Waals surface area contributed by atoms with Gasteiger partial charge < -0.3 is 10.3 Å². The molecule has 1 unspecified atom stereocenters. The van der Waals surface area contributed by atoms with Crippen LogP contribution in [0.1, 0.15) is 25.1 Å². The lowest BCUT2D eigenvalue weighted by atomic mass is 9.94. The van der Waals surface area contributed by atoms with Crippen LogP contribution in [0.3, 0.4) is 0 Å². The van der Waals surface area contributed by atoms with Gasteiger partial charge in [-0.2, -0.15) is 0 Å². The highest BCUT2D eigenvalue weighted by molar-refractivity contribution is 5.78. The lowest BCUT2D eigenvalue weighted by molar-refractivity contribution is -0.125. The summed E-state index contributed by atoms with van der Waals surface area (Å²) in [6, 6.07) is 0. The number of aromatic amines is 1. The molecule has 0 aliphatic heterocycles. The second-order valence-corrected chi connectivity index (χ2v) is 4.80. The average molecular weight is 273 g/mol. The van der Waals surface area contributed by atoms with Gasteiger partial charge in [0.05, 0.1) is 6.54 Å². The molecule has 0 bridgehead atoms. The van der Waals surface area contributed by atoms with Gasteiger partial charge in [-0.15, -0.1) is 10.2 Å².